The minimum Gasteiger partial charge on any atom is -0.369 e. The van der Waals surface area contributed by atoms with E-state index in [-0.39, 0.29) is 5.56 Å². The molecule has 6 rings (SSSR count). The van der Waals surface area contributed by atoms with Crippen molar-refractivity contribution in [3.8, 4) is 11.1 Å². The molecular formula is C25H21ClFN5O. The van der Waals surface area contributed by atoms with E-state index < -0.39 is 11.6 Å². The lowest BCUT2D eigenvalue weighted by Crippen LogP contribution is -2.20. The van der Waals surface area contributed by atoms with Gasteiger partial charge in [0.05, 0.1) is 11.3 Å². The van der Waals surface area contributed by atoms with E-state index >= 15 is 4.39 Å². The van der Waals surface area contributed by atoms with E-state index in [1.54, 1.807) is 30.9 Å². The smallest absolute Gasteiger partial charge is 0.198 e. The molecule has 1 aromatic carbocycles. The number of anilines is 1. The third-order valence-corrected chi connectivity index (χ3v) is 6.65. The molecule has 0 atom stereocenters. The number of pyridine rings is 1. The molecule has 0 spiro atoms. The zero-order valence-corrected chi connectivity index (χ0v) is 18.6. The summed E-state index contributed by atoms with van der Waals surface area (Å²) in [6.07, 6.45) is 11.1. The van der Waals surface area contributed by atoms with E-state index in [0.29, 0.717) is 33.2 Å². The van der Waals surface area contributed by atoms with E-state index in [0.717, 1.165) is 55.7 Å². The van der Waals surface area contributed by atoms with Crippen LogP contribution in [0.4, 0.5) is 10.1 Å². The lowest BCUT2D eigenvalue weighted by molar-refractivity contribution is 0.103. The highest BCUT2D eigenvalue weighted by Gasteiger charge is 2.27. The van der Waals surface area contributed by atoms with Gasteiger partial charge in [-0.15, -0.1) is 0 Å². The molecule has 2 aliphatic rings. The monoisotopic (exact) mass is 461 g/mol. The topological polar surface area (TPSA) is 74.8 Å². The average Bonchev–Trinajstić information content (AvgIpc) is 3.37. The SMILES string of the molecule is O=C(c1cc(Cl)cc(N2CCCC2)c1F)c1c[nH]c2ncc(-c3cnc(C4CC4)nc3)cc12. The summed E-state index contributed by atoms with van der Waals surface area (Å²) in [5, 5.41) is 0.957. The molecule has 33 heavy (non-hydrogen) atoms. The van der Waals surface area contributed by atoms with Crippen LogP contribution in [0, 0.1) is 5.82 Å². The van der Waals surface area contributed by atoms with Gasteiger partial charge in [-0.3, -0.25) is 4.79 Å². The van der Waals surface area contributed by atoms with Crippen molar-refractivity contribution < 1.29 is 9.18 Å². The van der Waals surface area contributed by atoms with Crippen LogP contribution in [0.25, 0.3) is 22.2 Å². The molecule has 2 fully saturated rings. The fourth-order valence-electron chi connectivity index (χ4n) is 4.46. The number of fused-ring (bicyclic) bond motifs is 1. The Morgan fingerprint density at radius 3 is 2.45 bits per heavy atom. The largest absolute Gasteiger partial charge is 0.369 e. The third-order valence-electron chi connectivity index (χ3n) is 6.43. The molecule has 0 unspecified atom stereocenters. The summed E-state index contributed by atoms with van der Waals surface area (Å²) in [6.45, 7) is 1.51. The maximum absolute atomic E-state index is 15.4. The molecule has 1 saturated carbocycles. The summed E-state index contributed by atoms with van der Waals surface area (Å²) >= 11 is 6.29. The van der Waals surface area contributed by atoms with E-state index in [1.807, 2.05) is 11.0 Å². The van der Waals surface area contributed by atoms with Crippen LogP contribution in [0.15, 0.2) is 43.0 Å². The Kier molecular flexibility index (Phi) is 4.87. The molecule has 4 heterocycles. The van der Waals surface area contributed by atoms with Crippen LogP contribution in [-0.2, 0) is 0 Å². The number of aromatic amines is 1. The van der Waals surface area contributed by atoms with E-state index in [9.17, 15) is 4.79 Å². The molecular weight excluding hydrogens is 441 g/mol. The van der Waals surface area contributed by atoms with Crippen molar-refractivity contribution in [2.45, 2.75) is 31.6 Å². The van der Waals surface area contributed by atoms with Gasteiger partial charge in [-0.05, 0) is 43.9 Å². The van der Waals surface area contributed by atoms with Crippen molar-refractivity contribution in [3.63, 3.8) is 0 Å². The maximum Gasteiger partial charge on any atom is 0.198 e. The first-order valence-corrected chi connectivity index (χ1v) is 11.5. The number of ketones is 1. The Labute approximate surface area is 194 Å². The average molecular weight is 462 g/mol. The number of hydrogen-bond donors (Lipinski definition) is 1. The van der Waals surface area contributed by atoms with Gasteiger partial charge in [0.25, 0.3) is 0 Å². The lowest BCUT2D eigenvalue weighted by Gasteiger charge is -2.20. The van der Waals surface area contributed by atoms with Gasteiger partial charge in [-0.25, -0.2) is 19.3 Å². The molecule has 0 amide bonds. The van der Waals surface area contributed by atoms with Gasteiger partial charge in [-0.2, -0.15) is 0 Å². The number of aromatic nitrogens is 4. The minimum atomic E-state index is -0.533. The first-order valence-electron chi connectivity index (χ1n) is 11.2. The normalized spacial score (nSPS) is 16.0. The number of hydrogen-bond acceptors (Lipinski definition) is 5. The molecule has 0 bridgehead atoms. The van der Waals surface area contributed by atoms with Crippen LogP contribution >= 0.6 is 11.6 Å². The van der Waals surface area contributed by atoms with E-state index in [4.69, 9.17) is 11.6 Å². The Bertz CT molecular complexity index is 1370. The Morgan fingerprint density at radius 1 is 1.00 bits per heavy atom. The van der Waals surface area contributed by atoms with Crippen LogP contribution in [0.1, 0.15) is 53.3 Å². The van der Waals surface area contributed by atoms with Crippen LogP contribution in [0.5, 0.6) is 0 Å². The van der Waals surface area contributed by atoms with Crippen LogP contribution in [0.3, 0.4) is 0 Å². The number of nitrogens with one attached hydrogen (secondary N) is 1. The van der Waals surface area contributed by atoms with Gasteiger partial charge < -0.3 is 9.88 Å². The summed E-state index contributed by atoms with van der Waals surface area (Å²) < 4.78 is 15.4. The second kappa shape index (κ2) is 7.92. The summed E-state index contributed by atoms with van der Waals surface area (Å²) in [6, 6.07) is 4.86. The van der Waals surface area contributed by atoms with Crippen molar-refractivity contribution in [1.29, 1.82) is 0 Å². The van der Waals surface area contributed by atoms with Gasteiger partial charge in [-0.1, -0.05) is 11.6 Å². The van der Waals surface area contributed by atoms with Gasteiger partial charge in [0.2, 0.25) is 0 Å². The predicted molar refractivity (Wildman–Crippen MR) is 125 cm³/mol. The fraction of sp³-hybridized carbons (Fsp3) is 0.280. The van der Waals surface area contributed by atoms with Crippen LogP contribution in [0.2, 0.25) is 5.02 Å². The number of carbonyl (C=O) groups is 1. The quantitative estimate of drug-likeness (QED) is 0.396. The standard InChI is InChI=1S/C25H21ClFN5O/c26-17-8-19(22(27)21(9-17)32-5-1-2-6-32)23(33)20-13-31-25-18(20)7-15(10-30-25)16-11-28-24(29-12-16)14-3-4-14/h7-14H,1-6H2,(H,30,31). The second-order valence-corrected chi connectivity index (χ2v) is 9.17. The molecule has 8 heteroatoms. The van der Waals surface area contributed by atoms with Crippen molar-refractivity contribution in [2.24, 2.45) is 0 Å². The van der Waals surface area contributed by atoms with Crippen LogP contribution < -0.4 is 4.90 Å². The molecule has 6 nitrogen and oxygen atoms in total. The summed E-state index contributed by atoms with van der Waals surface area (Å²) in [7, 11) is 0. The van der Waals surface area contributed by atoms with Crippen molar-refractivity contribution in [3.05, 3.63) is 70.8 Å². The first kappa shape index (κ1) is 20.3. The van der Waals surface area contributed by atoms with Gasteiger partial charge in [0.15, 0.2) is 11.6 Å². The van der Waals surface area contributed by atoms with Crippen molar-refractivity contribution in [1.82, 2.24) is 19.9 Å². The predicted octanol–water partition coefficient (Wildman–Crippen LogP) is 5.52. The first-order chi connectivity index (χ1) is 16.1. The number of rotatable bonds is 5. The molecule has 1 aliphatic carbocycles. The van der Waals surface area contributed by atoms with E-state index in [2.05, 4.69) is 19.9 Å². The number of nitrogens with zero attached hydrogens (tertiary/aromatic N) is 4. The number of H-pyrrole nitrogens is 1. The molecule has 1 saturated heterocycles. The molecule has 1 aliphatic heterocycles. The number of benzene rings is 1. The minimum absolute atomic E-state index is 0.0344. The Hall–Kier alpha value is -3.32. The highest BCUT2D eigenvalue weighted by Crippen LogP contribution is 2.38. The second-order valence-electron chi connectivity index (χ2n) is 8.74. The summed E-state index contributed by atoms with van der Waals surface area (Å²) in [5.74, 6) is 0.386. The summed E-state index contributed by atoms with van der Waals surface area (Å²) in [5.41, 5.74) is 2.87. The molecule has 4 aromatic rings. The summed E-state index contributed by atoms with van der Waals surface area (Å²) in [4.78, 5) is 31.8. The lowest BCUT2D eigenvalue weighted by atomic mass is 10.0. The zero-order valence-electron chi connectivity index (χ0n) is 17.8. The molecule has 0 radical (unpaired) electrons. The molecule has 1 N–H and O–H groups in total. The molecule has 166 valence electrons. The van der Waals surface area contributed by atoms with Gasteiger partial charge in [0, 0.05) is 70.9 Å². The fourth-order valence-corrected chi connectivity index (χ4v) is 4.67. The van der Waals surface area contributed by atoms with Crippen molar-refractivity contribution in [2.75, 3.05) is 18.0 Å². The van der Waals surface area contributed by atoms with Gasteiger partial charge in [0.1, 0.15) is 11.5 Å². The Balaban J connectivity index is 1.39. The van der Waals surface area contributed by atoms with Gasteiger partial charge >= 0.3 is 0 Å². The Morgan fingerprint density at radius 2 is 1.73 bits per heavy atom. The molecule has 3 aromatic heterocycles. The van der Waals surface area contributed by atoms with Crippen LogP contribution in [-0.4, -0.2) is 38.8 Å². The van der Waals surface area contributed by atoms with E-state index in [1.165, 1.54) is 6.07 Å². The van der Waals surface area contributed by atoms with Crippen molar-refractivity contribution >= 4 is 34.1 Å². The number of halogens is 2. The highest BCUT2D eigenvalue weighted by atomic mass is 35.5. The third kappa shape index (κ3) is 3.66. The zero-order chi connectivity index (χ0) is 22.5. The highest BCUT2D eigenvalue weighted by molar-refractivity contribution is 6.31. The number of carbonyl (C=O) groups excluding carboxylic acids is 1. The maximum atomic E-state index is 15.4.